The van der Waals surface area contributed by atoms with Gasteiger partial charge in [-0.25, -0.2) is 0 Å². The van der Waals surface area contributed by atoms with Gasteiger partial charge < -0.3 is 26.5 Å². The fourth-order valence-electron chi connectivity index (χ4n) is 1.35. The standard InChI is InChI=1S/C11H16N2O3/c12-6-10(14)8-3-1-7(2-4-8)5-9(13)11(15)16/h1-4,9-10,14H,5-6,12-13H2,(H,15,16)/p-1/t9-,10?/m0/s1. The second kappa shape index (κ2) is 5.60. The molecular weight excluding hydrogens is 208 g/mol. The molecule has 2 atom stereocenters. The molecule has 0 aliphatic carbocycles. The number of hydrogen-bond acceptors (Lipinski definition) is 5. The van der Waals surface area contributed by atoms with Crippen LogP contribution in [-0.2, 0) is 11.2 Å². The van der Waals surface area contributed by atoms with Crippen LogP contribution in [0.1, 0.15) is 17.2 Å². The minimum atomic E-state index is -1.27. The second-order valence-electron chi connectivity index (χ2n) is 3.62. The predicted octanol–water partition coefficient (Wildman–Crippen LogP) is -1.70. The van der Waals surface area contributed by atoms with Gasteiger partial charge >= 0.3 is 0 Å². The number of carbonyl (C=O) groups is 1. The Bertz CT molecular complexity index is 351. The van der Waals surface area contributed by atoms with Crippen LogP contribution in [0.4, 0.5) is 0 Å². The number of hydrogen-bond donors (Lipinski definition) is 3. The molecule has 0 spiro atoms. The van der Waals surface area contributed by atoms with Crippen LogP contribution in [0.2, 0.25) is 0 Å². The number of nitrogens with two attached hydrogens (primary N) is 2. The zero-order chi connectivity index (χ0) is 12.1. The molecule has 5 N–H and O–H groups in total. The molecule has 1 aromatic carbocycles. The maximum Gasteiger partial charge on any atom is 0.0912 e. The van der Waals surface area contributed by atoms with Crippen molar-refractivity contribution in [3.05, 3.63) is 35.4 Å². The average molecular weight is 223 g/mol. The predicted molar refractivity (Wildman–Crippen MR) is 57.1 cm³/mol. The Morgan fingerprint density at radius 3 is 2.38 bits per heavy atom. The molecule has 0 saturated heterocycles. The van der Waals surface area contributed by atoms with Crippen molar-refractivity contribution in [1.82, 2.24) is 0 Å². The van der Waals surface area contributed by atoms with Crippen molar-refractivity contribution in [1.29, 1.82) is 0 Å². The first-order valence-corrected chi connectivity index (χ1v) is 4.98. The topological polar surface area (TPSA) is 112 Å². The quantitative estimate of drug-likeness (QED) is 0.550. The highest BCUT2D eigenvalue weighted by molar-refractivity contribution is 5.71. The van der Waals surface area contributed by atoms with Crippen LogP contribution in [-0.4, -0.2) is 23.7 Å². The van der Waals surface area contributed by atoms with E-state index in [2.05, 4.69) is 0 Å². The van der Waals surface area contributed by atoms with Gasteiger partial charge in [0.1, 0.15) is 0 Å². The van der Waals surface area contributed by atoms with Gasteiger partial charge in [0.15, 0.2) is 0 Å². The van der Waals surface area contributed by atoms with Gasteiger partial charge in [-0.3, -0.25) is 0 Å². The van der Waals surface area contributed by atoms with Gasteiger partial charge in [0, 0.05) is 12.6 Å². The third kappa shape index (κ3) is 3.30. The summed E-state index contributed by atoms with van der Waals surface area (Å²) in [5.41, 5.74) is 12.1. The first-order chi connectivity index (χ1) is 7.54. The Kier molecular flexibility index (Phi) is 4.42. The summed E-state index contributed by atoms with van der Waals surface area (Å²) in [6.07, 6.45) is -0.481. The number of rotatable bonds is 5. The summed E-state index contributed by atoms with van der Waals surface area (Å²) < 4.78 is 0. The first-order valence-electron chi connectivity index (χ1n) is 4.98. The smallest absolute Gasteiger partial charge is 0.0912 e. The van der Waals surface area contributed by atoms with Crippen LogP contribution in [0.15, 0.2) is 24.3 Å². The summed E-state index contributed by atoms with van der Waals surface area (Å²) in [7, 11) is 0. The maximum atomic E-state index is 10.4. The summed E-state index contributed by atoms with van der Waals surface area (Å²) in [6, 6.07) is 5.84. The molecular formula is C11H15N2O3-. The minimum Gasteiger partial charge on any atom is -0.548 e. The summed E-state index contributed by atoms with van der Waals surface area (Å²) in [5, 5.41) is 19.9. The SMILES string of the molecule is NCC(O)c1ccc(C[C@H](N)C(=O)[O-])cc1. The molecule has 1 aromatic rings. The number of aliphatic hydroxyl groups excluding tert-OH is 1. The molecule has 0 bridgehead atoms. The summed E-state index contributed by atoms with van der Waals surface area (Å²) in [5.74, 6) is -1.27. The lowest BCUT2D eigenvalue weighted by Crippen LogP contribution is -2.43. The van der Waals surface area contributed by atoms with E-state index >= 15 is 0 Å². The van der Waals surface area contributed by atoms with Crippen LogP contribution in [0.25, 0.3) is 0 Å². The fourth-order valence-corrected chi connectivity index (χ4v) is 1.35. The second-order valence-corrected chi connectivity index (χ2v) is 3.62. The summed E-state index contributed by atoms with van der Waals surface area (Å²) in [4.78, 5) is 10.4. The third-order valence-corrected chi connectivity index (χ3v) is 2.35. The molecule has 16 heavy (non-hydrogen) atoms. The molecule has 0 radical (unpaired) electrons. The average Bonchev–Trinajstić information content (AvgIpc) is 2.28. The largest absolute Gasteiger partial charge is 0.548 e. The van der Waals surface area contributed by atoms with Crippen molar-refractivity contribution >= 4 is 5.97 Å². The Labute approximate surface area is 93.7 Å². The van der Waals surface area contributed by atoms with Gasteiger partial charge in [-0.2, -0.15) is 0 Å². The van der Waals surface area contributed by atoms with Crippen LogP contribution < -0.4 is 16.6 Å². The maximum absolute atomic E-state index is 10.4. The van der Waals surface area contributed by atoms with Gasteiger partial charge in [0.05, 0.1) is 12.1 Å². The van der Waals surface area contributed by atoms with Crippen LogP contribution in [0, 0.1) is 0 Å². The number of carbonyl (C=O) groups excluding carboxylic acids is 1. The molecule has 1 unspecified atom stereocenters. The van der Waals surface area contributed by atoms with Gasteiger partial charge in [0.2, 0.25) is 0 Å². The van der Waals surface area contributed by atoms with Crippen molar-refractivity contribution in [2.45, 2.75) is 18.6 Å². The molecule has 0 saturated carbocycles. The lowest BCUT2D eigenvalue weighted by molar-refractivity contribution is -0.307. The van der Waals surface area contributed by atoms with E-state index in [1.165, 1.54) is 0 Å². The molecule has 0 heterocycles. The van der Waals surface area contributed by atoms with E-state index in [1.54, 1.807) is 24.3 Å². The molecule has 5 nitrogen and oxygen atoms in total. The van der Waals surface area contributed by atoms with E-state index in [0.29, 0.717) is 5.56 Å². The molecule has 1 rings (SSSR count). The van der Waals surface area contributed by atoms with E-state index in [-0.39, 0.29) is 13.0 Å². The number of aliphatic hydroxyl groups is 1. The van der Waals surface area contributed by atoms with Gasteiger partial charge in [-0.05, 0) is 17.5 Å². The van der Waals surface area contributed by atoms with Crippen molar-refractivity contribution in [2.24, 2.45) is 11.5 Å². The van der Waals surface area contributed by atoms with E-state index in [4.69, 9.17) is 11.5 Å². The van der Waals surface area contributed by atoms with E-state index < -0.39 is 18.1 Å². The molecule has 0 aromatic heterocycles. The molecule has 88 valence electrons. The number of carboxylic acids is 1. The molecule has 0 aliphatic rings. The van der Waals surface area contributed by atoms with Crippen molar-refractivity contribution in [2.75, 3.05) is 6.54 Å². The van der Waals surface area contributed by atoms with Crippen molar-refractivity contribution in [3.63, 3.8) is 0 Å². The number of benzene rings is 1. The Morgan fingerprint density at radius 1 is 1.38 bits per heavy atom. The van der Waals surface area contributed by atoms with E-state index in [9.17, 15) is 15.0 Å². The molecule has 5 heteroatoms. The lowest BCUT2D eigenvalue weighted by Gasteiger charge is -2.13. The number of carboxylic acid groups (broad SMARTS) is 1. The first kappa shape index (κ1) is 12.6. The van der Waals surface area contributed by atoms with Crippen molar-refractivity contribution < 1.29 is 15.0 Å². The lowest BCUT2D eigenvalue weighted by atomic mass is 10.0. The van der Waals surface area contributed by atoms with E-state index in [0.717, 1.165) is 5.56 Å². The third-order valence-electron chi connectivity index (χ3n) is 2.35. The van der Waals surface area contributed by atoms with Crippen molar-refractivity contribution in [3.8, 4) is 0 Å². The van der Waals surface area contributed by atoms with E-state index in [1.807, 2.05) is 0 Å². The zero-order valence-corrected chi connectivity index (χ0v) is 8.80. The van der Waals surface area contributed by atoms with Crippen LogP contribution in [0.5, 0.6) is 0 Å². The number of aliphatic carboxylic acids is 1. The summed E-state index contributed by atoms with van der Waals surface area (Å²) in [6.45, 7) is 0.151. The van der Waals surface area contributed by atoms with Gasteiger partial charge in [0.25, 0.3) is 0 Å². The monoisotopic (exact) mass is 223 g/mol. The normalized spacial score (nSPS) is 14.4. The minimum absolute atomic E-state index is 0.151. The molecule has 0 amide bonds. The molecule has 0 aliphatic heterocycles. The Balaban J connectivity index is 2.68. The zero-order valence-electron chi connectivity index (χ0n) is 8.80. The fraction of sp³-hybridized carbons (Fsp3) is 0.364. The van der Waals surface area contributed by atoms with Gasteiger partial charge in [-0.1, -0.05) is 24.3 Å². The highest BCUT2D eigenvalue weighted by Gasteiger charge is 2.07. The van der Waals surface area contributed by atoms with Gasteiger partial charge in [-0.15, -0.1) is 0 Å². The summed E-state index contributed by atoms with van der Waals surface area (Å²) >= 11 is 0. The highest BCUT2D eigenvalue weighted by Crippen LogP contribution is 2.13. The molecule has 0 fully saturated rings. The van der Waals surface area contributed by atoms with Crippen LogP contribution >= 0.6 is 0 Å². The Hall–Kier alpha value is -1.43. The Morgan fingerprint density at radius 2 is 1.94 bits per heavy atom. The highest BCUT2D eigenvalue weighted by atomic mass is 16.4. The van der Waals surface area contributed by atoms with Crippen LogP contribution in [0.3, 0.4) is 0 Å².